The van der Waals surface area contributed by atoms with Crippen LogP contribution in [0, 0.1) is 0 Å². The van der Waals surface area contributed by atoms with Crippen molar-refractivity contribution in [1.82, 2.24) is 0 Å². The molecule has 0 aliphatic carbocycles. The minimum atomic E-state index is -0.0212. The quantitative estimate of drug-likeness (QED) is 0.847. The Morgan fingerprint density at radius 3 is 2.45 bits per heavy atom. The molecule has 0 saturated heterocycles. The van der Waals surface area contributed by atoms with E-state index in [1.165, 1.54) is 0 Å². The van der Waals surface area contributed by atoms with Gasteiger partial charge in [-0.1, -0.05) is 30.3 Å². The fourth-order valence-electron chi connectivity index (χ4n) is 1.98. The summed E-state index contributed by atoms with van der Waals surface area (Å²) in [4.78, 5) is 0. The first-order valence-electron chi connectivity index (χ1n) is 6.46. The third-order valence-electron chi connectivity index (χ3n) is 3.13. The molecular formula is C16H19NO3. The number of rotatable bonds is 6. The molecule has 20 heavy (non-hydrogen) atoms. The van der Waals surface area contributed by atoms with Gasteiger partial charge in [-0.15, -0.1) is 0 Å². The Kier molecular flexibility index (Phi) is 4.98. The van der Waals surface area contributed by atoms with Gasteiger partial charge in [-0.3, -0.25) is 0 Å². The maximum Gasteiger partial charge on any atom is 0.161 e. The van der Waals surface area contributed by atoms with Gasteiger partial charge in [0.1, 0.15) is 6.61 Å². The van der Waals surface area contributed by atoms with E-state index in [-0.39, 0.29) is 6.61 Å². The largest absolute Gasteiger partial charge is 0.493 e. The van der Waals surface area contributed by atoms with Gasteiger partial charge in [0.05, 0.1) is 13.7 Å². The topological polar surface area (TPSA) is 64.7 Å². The molecule has 3 N–H and O–H groups in total. The minimum absolute atomic E-state index is 0.0212. The average molecular weight is 273 g/mol. The molecule has 4 nitrogen and oxygen atoms in total. The van der Waals surface area contributed by atoms with Crippen LogP contribution >= 0.6 is 0 Å². The van der Waals surface area contributed by atoms with Gasteiger partial charge in [0.2, 0.25) is 0 Å². The number of methoxy groups -OCH3 is 1. The van der Waals surface area contributed by atoms with Crippen molar-refractivity contribution in [3.8, 4) is 11.5 Å². The highest BCUT2D eigenvalue weighted by Gasteiger charge is 2.07. The normalized spacial score (nSPS) is 10.3. The van der Waals surface area contributed by atoms with Crippen LogP contribution in [0.2, 0.25) is 0 Å². The molecule has 0 unspecified atom stereocenters. The van der Waals surface area contributed by atoms with E-state index in [0.29, 0.717) is 24.7 Å². The lowest BCUT2D eigenvalue weighted by Gasteiger charge is -2.13. The Balaban J connectivity index is 2.14. The maximum atomic E-state index is 9.11. The molecule has 0 spiro atoms. The Labute approximate surface area is 118 Å². The van der Waals surface area contributed by atoms with E-state index in [1.54, 1.807) is 19.2 Å². The standard InChI is InChI=1S/C16H19NO3/c1-19-16-8-12(10-18)6-7-15(16)20-11-14-5-3-2-4-13(14)9-17/h2-8,18H,9-11,17H2,1H3. The number of hydrogen-bond donors (Lipinski definition) is 2. The van der Waals surface area contributed by atoms with Crippen LogP contribution in [0.15, 0.2) is 42.5 Å². The molecule has 0 aromatic heterocycles. The van der Waals surface area contributed by atoms with Crippen LogP contribution in [-0.4, -0.2) is 12.2 Å². The van der Waals surface area contributed by atoms with E-state index in [9.17, 15) is 0 Å². The highest BCUT2D eigenvalue weighted by atomic mass is 16.5. The van der Waals surface area contributed by atoms with Gasteiger partial charge in [-0.05, 0) is 28.8 Å². The van der Waals surface area contributed by atoms with Gasteiger partial charge in [0.15, 0.2) is 11.5 Å². The first-order valence-corrected chi connectivity index (χ1v) is 6.46. The number of benzene rings is 2. The second-order valence-electron chi connectivity index (χ2n) is 4.40. The predicted molar refractivity (Wildman–Crippen MR) is 77.6 cm³/mol. The zero-order chi connectivity index (χ0) is 14.4. The minimum Gasteiger partial charge on any atom is -0.493 e. The Bertz CT molecular complexity index is 569. The third-order valence-corrected chi connectivity index (χ3v) is 3.13. The van der Waals surface area contributed by atoms with Crippen LogP contribution in [0.25, 0.3) is 0 Å². The Hall–Kier alpha value is -2.04. The average Bonchev–Trinajstić information content (AvgIpc) is 2.52. The molecule has 106 valence electrons. The summed E-state index contributed by atoms with van der Waals surface area (Å²) in [6.45, 7) is 0.898. The molecular weight excluding hydrogens is 254 g/mol. The van der Waals surface area contributed by atoms with E-state index >= 15 is 0 Å². The first kappa shape index (κ1) is 14.4. The molecule has 0 bridgehead atoms. The summed E-state index contributed by atoms with van der Waals surface area (Å²) < 4.78 is 11.1. The number of ether oxygens (including phenoxy) is 2. The third kappa shape index (κ3) is 3.29. The molecule has 2 aromatic rings. The summed E-state index contributed by atoms with van der Waals surface area (Å²) in [5.41, 5.74) is 8.62. The van der Waals surface area contributed by atoms with Crippen molar-refractivity contribution in [2.24, 2.45) is 5.73 Å². The molecule has 0 aliphatic heterocycles. The summed E-state index contributed by atoms with van der Waals surface area (Å²) in [5.74, 6) is 1.26. The molecule has 0 amide bonds. The lowest BCUT2D eigenvalue weighted by atomic mass is 10.1. The smallest absolute Gasteiger partial charge is 0.161 e. The Morgan fingerprint density at radius 1 is 1.05 bits per heavy atom. The van der Waals surface area contributed by atoms with Gasteiger partial charge < -0.3 is 20.3 Å². The fraction of sp³-hybridized carbons (Fsp3) is 0.250. The van der Waals surface area contributed by atoms with E-state index in [0.717, 1.165) is 16.7 Å². The van der Waals surface area contributed by atoms with Gasteiger partial charge in [0.25, 0.3) is 0 Å². The van der Waals surface area contributed by atoms with Gasteiger partial charge in [0, 0.05) is 6.54 Å². The SMILES string of the molecule is COc1cc(CO)ccc1OCc1ccccc1CN. The summed E-state index contributed by atoms with van der Waals surface area (Å²) in [7, 11) is 1.58. The van der Waals surface area contributed by atoms with E-state index < -0.39 is 0 Å². The van der Waals surface area contributed by atoms with E-state index in [4.69, 9.17) is 20.3 Å². The van der Waals surface area contributed by atoms with Gasteiger partial charge in [-0.25, -0.2) is 0 Å². The van der Waals surface area contributed by atoms with Gasteiger partial charge >= 0.3 is 0 Å². The van der Waals surface area contributed by atoms with Crippen LogP contribution < -0.4 is 15.2 Å². The monoisotopic (exact) mass is 273 g/mol. The van der Waals surface area contributed by atoms with Crippen LogP contribution in [-0.2, 0) is 19.8 Å². The lowest BCUT2D eigenvalue weighted by molar-refractivity contribution is 0.274. The molecule has 2 rings (SSSR count). The first-order chi connectivity index (χ1) is 9.78. The maximum absolute atomic E-state index is 9.11. The lowest BCUT2D eigenvalue weighted by Crippen LogP contribution is -2.05. The Morgan fingerprint density at radius 2 is 1.80 bits per heavy atom. The van der Waals surface area contributed by atoms with E-state index in [2.05, 4.69) is 0 Å². The summed E-state index contributed by atoms with van der Waals surface area (Å²) >= 11 is 0. The van der Waals surface area contributed by atoms with Crippen molar-refractivity contribution in [2.45, 2.75) is 19.8 Å². The van der Waals surface area contributed by atoms with Crippen LogP contribution in [0.3, 0.4) is 0 Å². The molecule has 0 aliphatic rings. The molecule has 0 radical (unpaired) electrons. The molecule has 0 fully saturated rings. The number of nitrogens with two attached hydrogens (primary N) is 1. The number of aliphatic hydroxyl groups is 1. The fourth-order valence-corrected chi connectivity index (χ4v) is 1.98. The number of aliphatic hydroxyl groups excluding tert-OH is 1. The highest BCUT2D eigenvalue weighted by molar-refractivity contribution is 5.43. The summed E-state index contributed by atoms with van der Waals surface area (Å²) in [5, 5.41) is 9.11. The van der Waals surface area contributed by atoms with E-state index in [1.807, 2.05) is 30.3 Å². The highest BCUT2D eigenvalue weighted by Crippen LogP contribution is 2.29. The summed E-state index contributed by atoms with van der Waals surface area (Å²) in [6, 6.07) is 13.3. The van der Waals surface area contributed by atoms with Crippen molar-refractivity contribution in [3.63, 3.8) is 0 Å². The molecule has 0 atom stereocenters. The van der Waals surface area contributed by atoms with Gasteiger partial charge in [-0.2, -0.15) is 0 Å². The molecule has 0 saturated carbocycles. The molecule has 4 heteroatoms. The van der Waals surface area contributed by atoms with Crippen LogP contribution in [0.5, 0.6) is 11.5 Å². The molecule has 0 heterocycles. The van der Waals surface area contributed by atoms with Crippen molar-refractivity contribution >= 4 is 0 Å². The van der Waals surface area contributed by atoms with Crippen molar-refractivity contribution in [3.05, 3.63) is 59.2 Å². The van der Waals surface area contributed by atoms with Crippen LogP contribution in [0.4, 0.5) is 0 Å². The van der Waals surface area contributed by atoms with Crippen molar-refractivity contribution < 1.29 is 14.6 Å². The van der Waals surface area contributed by atoms with Crippen LogP contribution in [0.1, 0.15) is 16.7 Å². The summed E-state index contributed by atoms with van der Waals surface area (Å²) in [6.07, 6.45) is 0. The molecule has 2 aromatic carbocycles. The van der Waals surface area contributed by atoms with Crippen molar-refractivity contribution in [2.75, 3.05) is 7.11 Å². The zero-order valence-electron chi connectivity index (χ0n) is 11.5. The predicted octanol–water partition coefficient (Wildman–Crippen LogP) is 2.23. The zero-order valence-corrected chi connectivity index (χ0v) is 11.5. The second-order valence-corrected chi connectivity index (χ2v) is 4.40. The van der Waals surface area contributed by atoms with Crippen molar-refractivity contribution in [1.29, 1.82) is 0 Å². The number of hydrogen-bond acceptors (Lipinski definition) is 4. The second kappa shape index (κ2) is 6.93.